The molecule has 120 valence electrons. The minimum absolute atomic E-state index is 0.0429. The van der Waals surface area contributed by atoms with Gasteiger partial charge in [-0.05, 0) is 36.8 Å². The number of amides is 1. The summed E-state index contributed by atoms with van der Waals surface area (Å²) in [5, 5.41) is 3.50. The van der Waals surface area contributed by atoms with Crippen molar-refractivity contribution in [2.75, 3.05) is 6.54 Å². The minimum atomic E-state index is -0.0429. The Morgan fingerprint density at radius 2 is 2.04 bits per heavy atom. The number of halogens is 1. The first kappa shape index (κ1) is 14.9. The van der Waals surface area contributed by atoms with E-state index in [9.17, 15) is 4.79 Å². The Bertz CT molecular complexity index is 948. The fourth-order valence-corrected chi connectivity index (χ4v) is 3.08. The van der Waals surface area contributed by atoms with Crippen LogP contribution in [-0.2, 0) is 6.42 Å². The summed E-state index contributed by atoms with van der Waals surface area (Å²) in [7, 11) is 0. The third-order valence-electron chi connectivity index (χ3n) is 4.18. The van der Waals surface area contributed by atoms with Gasteiger partial charge in [0.1, 0.15) is 0 Å². The van der Waals surface area contributed by atoms with Gasteiger partial charge >= 0.3 is 0 Å². The topological polar surface area (TPSA) is 70.7 Å². The van der Waals surface area contributed by atoms with Gasteiger partial charge in [-0.1, -0.05) is 17.7 Å². The molecule has 24 heavy (non-hydrogen) atoms. The molecule has 2 N–H and O–H groups in total. The van der Waals surface area contributed by atoms with E-state index >= 15 is 0 Å². The lowest BCUT2D eigenvalue weighted by molar-refractivity contribution is 0.0946. The Morgan fingerprint density at radius 1 is 1.17 bits per heavy atom. The molecule has 4 rings (SSSR count). The zero-order chi connectivity index (χ0) is 16.7. The smallest absolute Gasteiger partial charge is 0.253 e. The summed E-state index contributed by atoms with van der Waals surface area (Å²) in [6.45, 7) is 2.65. The number of nitrogens with zero attached hydrogens (tertiary/aromatic N) is 2. The molecule has 0 saturated carbocycles. The molecule has 0 bridgehead atoms. The van der Waals surface area contributed by atoms with Crippen LogP contribution in [0.1, 0.15) is 21.6 Å². The van der Waals surface area contributed by atoms with Gasteiger partial charge in [0.2, 0.25) is 0 Å². The molecule has 1 aliphatic heterocycles. The van der Waals surface area contributed by atoms with Gasteiger partial charge < -0.3 is 10.3 Å². The van der Waals surface area contributed by atoms with Crippen LogP contribution in [-0.4, -0.2) is 27.4 Å². The van der Waals surface area contributed by atoms with Crippen molar-refractivity contribution in [3.05, 3.63) is 58.4 Å². The fraction of sp³-hybridized carbons (Fsp3) is 0.167. The van der Waals surface area contributed by atoms with Crippen molar-refractivity contribution < 1.29 is 4.79 Å². The van der Waals surface area contributed by atoms with Crippen LogP contribution in [0, 0.1) is 6.92 Å². The number of nitrogens with one attached hydrogen (secondary N) is 2. The molecule has 0 aliphatic carbocycles. The van der Waals surface area contributed by atoms with Crippen LogP contribution in [0.4, 0.5) is 0 Å². The third-order valence-corrected chi connectivity index (χ3v) is 4.41. The highest BCUT2D eigenvalue weighted by Gasteiger charge is 2.20. The third kappa shape index (κ3) is 2.57. The molecule has 1 aliphatic rings. The predicted molar refractivity (Wildman–Crippen MR) is 93.0 cm³/mol. The summed E-state index contributed by atoms with van der Waals surface area (Å²) in [5.41, 5.74) is 5.17. The second-order valence-electron chi connectivity index (χ2n) is 5.81. The lowest BCUT2D eigenvalue weighted by Crippen LogP contribution is -2.31. The number of aryl methyl sites for hydroxylation is 1. The monoisotopic (exact) mass is 338 g/mol. The van der Waals surface area contributed by atoms with Gasteiger partial charge in [0.05, 0.1) is 17.0 Å². The van der Waals surface area contributed by atoms with Crippen LogP contribution in [0.15, 0.2) is 36.5 Å². The van der Waals surface area contributed by atoms with E-state index in [1.807, 2.05) is 37.3 Å². The largest absolute Gasteiger partial charge is 0.356 e. The second kappa shape index (κ2) is 5.76. The number of aromatic amines is 1. The number of rotatable bonds is 2. The van der Waals surface area contributed by atoms with Crippen LogP contribution in [0.25, 0.3) is 22.8 Å². The SMILES string of the molecule is Cc1ccc(Cl)cc1-c1nccc(-c2cc3c([nH]2)CCNC3=O)n1. The zero-order valence-electron chi connectivity index (χ0n) is 13.1. The Balaban J connectivity index is 1.78. The standard InChI is InChI=1S/C18H15ClN4O/c1-10-2-3-11(19)8-12(10)17-20-6-5-15(23-17)16-9-13-14(22-16)4-7-21-18(13)24/h2-3,5-6,8-9,22H,4,7H2,1H3,(H,21,24). The highest BCUT2D eigenvalue weighted by atomic mass is 35.5. The van der Waals surface area contributed by atoms with Crippen molar-refractivity contribution in [3.8, 4) is 22.8 Å². The van der Waals surface area contributed by atoms with E-state index < -0.39 is 0 Å². The molecule has 0 spiro atoms. The first-order valence-electron chi connectivity index (χ1n) is 7.72. The Morgan fingerprint density at radius 3 is 2.88 bits per heavy atom. The number of hydrogen-bond donors (Lipinski definition) is 2. The maximum absolute atomic E-state index is 11.9. The van der Waals surface area contributed by atoms with Crippen LogP contribution in [0.2, 0.25) is 5.02 Å². The summed E-state index contributed by atoms with van der Waals surface area (Å²) in [6.07, 6.45) is 2.52. The van der Waals surface area contributed by atoms with Crippen molar-refractivity contribution in [1.29, 1.82) is 0 Å². The van der Waals surface area contributed by atoms with Crippen molar-refractivity contribution >= 4 is 17.5 Å². The highest BCUT2D eigenvalue weighted by Crippen LogP contribution is 2.27. The van der Waals surface area contributed by atoms with E-state index in [1.54, 1.807) is 6.20 Å². The molecule has 0 atom stereocenters. The lowest BCUT2D eigenvalue weighted by atomic mass is 10.1. The van der Waals surface area contributed by atoms with Gasteiger partial charge in [0, 0.05) is 35.4 Å². The number of aromatic nitrogens is 3. The molecular weight excluding hydrogens is 324 g/mol. The Kier molecular flexibility index (Phi) is 3.58. The van der Waals surface area contributed by atoms with Crippen LogP contribution < -0.4 is 5.32 Å². The molecule has 6 heteroatoms. The van der Waals surface area contributed by atoms with E-state index in [0.29, 0.717) is 23.0 Å². The molecule has 5 nitrogen and oxygen atoms in total. The molecule has 0 fully saturated rings. The maximum atomic E-state index is 11.9. The minimum Gasteiger partial charge on any atom is -0.356 e. The number of fused-ring (bicyclic) bond motifs is 1. The van der Waals surface area contributed by atoms with E-state index in [2.05, 4.69) is 20.3 Å². The summed E-state index contributed by atoms with van der Waals surface area (Å²) < 4.78 is 0. The quantitative estimate of drug-likeness (QED) is 0.752. The number of H-pyrrole nitrogens is 1. The van der Waals surface area contributed by atoms with Gasteiger partial charge in [-0.2, -0.15) is 0 Å². The average molecular weight is 339 g/mol. The number of benzene rings is 1. The Labute approximate surface area is 144 Å². The molecular formula is C18H15ClN4O. The van der Waals surface area contributed by atoms with Crippen molar-refractivity contribution in [2.24, 2.45) is 0 Å². The van der Waals surface area contributed by atoms with E-state index in [0.717, 1.165) is 34.6 Å². The predicted octanol–water partition coefficient (Wildman–Crippen LogP) is 3.39. The van der Waals surface area contributed by atoms with E-state index in [-0.39, 0.29) is 5.91 Å². The fourth-order valence-electron chi connectivity index (χ4n) is 2.91. The molecule has 1 aromatic carbocycles. The van der Waals surface area contributed by atoms with Gasteiger partial charge in [-0.15, -0.1) is 0 Å². The van der Waals surface area contributed by atoms with Crippen molar-refractivity contribution in [1.82, 2.24) is 20.3 Å². The van der Waals surface area contributed by atoms with E-state index in [1.165, 1.54) is 0 Å². The lowest BCUT2D eigenvalue weighted by Gasteiger charge is -2.10. The zero-order valence-corrected chi connectivity index (χ0v) is 13.8. The molecule has 0 unspecified atom stereocenters. The summed E-state index contributed by atoms with van der Waals surface area (Å²) >= 11 is 6.10. The number of carbonyl (C=O) groups excluding carboxylic acids is 1. The highest BCUT2D eigenvalue weighted by molar-refractivity contribution is 6.30. The average Bonchev–Trinajstić information content (AvgIpc) is 3.03. The normalized spacial score (nSPS) is 13.5. The number of hydrogen-bond acceptors (Lipinski definition) is 3. The first-order valence-corrected chi connectivity index (χ1v) is 8.09. The van der Waals surface area contributed by atoms with Crippen LogP contribution >= 0.6 is 11.6 Å². The van der Waals surface area contributed by atoms with Gasteiger partial charge in [-0.3, -0.25) is 4.79 Å². The summed E-state index contributed by atoms with van der Waals surface area (Å²) in [4.78, 5) is 24.3. The molecule has 3 heterocycles. The van der Waals surface area contributed by atoms with Crippen molar-refractivity contribution in [3.63, 3.8) is 0 Å². The summed E-state index contributed by atoms with van der Waals surface area (Å²) in [6, 6.07) is 9.34. The van der Waals surface area contributed by atoms with E-state index in [4.69, 9.17) is 11.6 Å². The summed E-state index contributed by atoms with van der Waals surface area (Å²) in [5.74, 6) is 0.572. The molecule has 2 aromatic heterocycles. The van der Waals surface area contributed by atoms with Gasteiger partial charge in [0.25, 0.3) is 5.91 Å². The molecule has 3 aromatic rings. The van der Waals surface area contributed by atoms with Gasteiger partial charge in [0.15, 0.2) is 5.82 Å². The van der Waals surface area contributed by atoms with Crippen LogP contribution in [0.3, 0.4) is 0 Å². The maximum Gasteiger partial charge on any atom is 0.253 e. The second-order valence-corrected chi connectivity index (χ2v) is 6.24. The number of carbonyl (C=O) groups is 1. The first-order chi connectivity index (χ1) is 11.6. The van der Waals surface area contributed by atoms with Gasteiger partial charge in [-0.25, -0.2) is 9.97 Å². The molecule has 0 radical (unpaired) electrons. The molecule has 0 saturated heterocycles. The Hall–Kier alpha value is -2.66. The van der Waals surface area contributed by atoms with Crippen molar-refractivity contribution in [2.45, 2.75) is 13.3 Å². The van der Waals surface area contributed by atoms with Crippen LogP contribution in [0.5, 0.6) is 0 Å². The molecule has 1 amide bonds.